The maximum Gasteiger partial charge on any atom is 0.344 e. The Morgan fingerprint density at radius 1 is 0.794 bits per heavy atom. The molecule has 0 radical (unpaired) electrons. The molecule has 0 aliphatic carbocycles. The van der Waals surface area contributed by atoms with Crippen molar-refractivity contribution in [1.82, 2.24) is 0 Å². The number of carbonyl (C=O) groups is 1. The topological polar surface area (TPSA) is 158 Å². The van der Waals surface area contributed by atoms with Crippen LogP contribution in [0.15, 0.2) is 63.5 Å². The number of ketones is 1. The first kappa shape index (κ1) is 22.5. The summed E-state index contributed by atoms with van der Waals surface area (Å²) in [6.07, 6.45) is 2.99. The lowest BCUT2D eigenvalue weighted by Crippen LogP contribution is -2.29. The molecule has 1 aliphatic rings. The molecule has 9 heteroatoms. The van der Waals surface area contributed by atoms with Crippen molar-refractivity contribution >= 4 is 17.9 Å². The lowest BCUT2D eigenvalue weighted by molar-refractivity contribution is -0.121. The van der Waals surface area contributed by atoms with E-state index in [1.807, 2.05) is 0 Å². The minimum atomic E-state index is -1.27. The molecular weight excluding hydrogens is 444 g/mol. The maximum absolute atomic E-state index is 12.9. The zero-order valence-electron chi connectivity index (χ0n) is 17.8. The Hall–Kier alpha value is -4.66. The highest BCUT2D eigenvalue weighted by Crippen LogP contribution is 2.43. The Bertz CT molecular complexity index is 1400. The van der Waals surface area contributed by atoms with Gasteiger partial charge in [-0.1, -0.05) is 18.2 Å². The maximum atomic E-state index is 12.9. The number of carbonyl (C=O) groups excluding carboxylic acids is 1. The molecule has 0 amide bonds. The molecule has 2 unspecified atom stereocenters. The largest absolute Gasteiger partial charge is 0.507 e. The molecule has 1 aliphatic heterocycles. The van der Waals surface area contributed by atoms with Crippen molar-refractivity contribution in [2.45, 2.75) is 18.9 Å². The van der Waals surface area contributed by atoms with Gasteiger partial charge in [0, 0.05) is 12.1 Å². The summed E-state index contributed by atoms with van der Waals surface area (Å²) >= 11 is 0. The fraction of sp³-hybridized carbons (Fsp3) is 0.120. The van der Waals surface area contributed by atoms with E-state index in [2.05, 4.69) is 0 Å². The summed E-state index contributed by atoms with van der Waals surface area (Å²) in [6, 6.07) is 9.13. The van der Waals surface area contributed by atoms with Crippen LogP contribution in [-0.2, 0) is 9.53 Å². The van der Waals surface area contributed by atoms with E-state index in [1.54, 1.807) is 6.92 Å². The lowest BCUT2D eigenvalue weighted by atomic mass is 9.84. The molecule has 0 fully saturated rings. The predicted octanol–water partition coefficient (Wildman–Crippen LogP) is 3.67. The van der Waals surface area contributed by atoms with Gasteiger partial charge in [-0.25, -0.2) is 4.79 Å². The van der Waals surface area contributed by atoms with Gasteiger partial charge in [0.25, 0.3) is 0 Å². The lowest BCUT2D eigenvalue weighted by Gasteiger charge is -2.30. The standard InChI is InChI=1S/C25H20O9/c1-12-8-20(30)22(24(33-12)14-4-7-17(27)19(29)10-14)23-21(31)11-15(34-25(23)32)5-2-13-3-6-16(26)18(28)9-13/h2-11,22,24,26-29,31H,1H3/b5-2+. The van der Waals surface area contributed by atoms with Crippen LogP contribution in [0.1, 0.15) is 41.4 Å². The number of benzene rings is 2. The van der Waals surface area contributed by atoms with Crippen LogP contribution in [0.25, 0.3) is 12.2 Å². The van der Waals surface area contributed by atoms with Crippen molar-refractivity contribution in [3.63, 3.8) is 0 Å². The molecule has 1 aromatic heterocycles. The number of phenolic OH excluding ortho intramolecular Hbond substituents is 4. The smallest absolute Gasteiger partial charge is 0.344 e. The third-order valence-corrected chi connectivity index (χ3v) is 5.33. The van der Waals surface area contributed by atoms with Gasteiger partial charge >= 0.3 is 5.63 Å². The van der Waals surface area contributed by atoms with Crippen LogP contribution in [0, 0.1) is 0 Å². The molecule has 174 valence electrons. The first-order chi connectivity index (χ1) is 16.1. The van der Waals surface area contributed by atoms with E-state index in [0.29, 0.717) is 11.1 Å². The van der Waals surface area contributed by atoms with Gasteiger partial charge in [0.05, 0.1) is 17.2 Å². The monoisotopic (exact) mass is 464 g/mol. The quantitative estimate of drug-likeness (QED) is 0.363. The number of aromatic hydroxyl groups is 5. The van der Waals surface area contributed by atoms with Crippen LogP contribution in [0.3, 0.4) is 0 Å². The number of hydrogen-bond donors (Lipinski definition) is 5. The van der Waals surface area contributed by atoms with E-state index in [0.717, 1.165) is 6.07 Å². The molecule has 0 bridgehead atoms. The molecule has 2 atom stereocenters. The Morgan fingerprint density at radius 2 is 1.47 bits per heavy atom. The second kappa shape index (κ2) is 8.70. The number of ether oxygens (including phenoxy) is 1. The van der Waals surface area contributed by atoms with Crippen molar-refractivity contribution in [3.8, 4) is 28.7 Å². The number of hydrogen-bond acceptors (Lipinski definition) is 9. The van der Waals surface area contributed by atoms with Crippen molar-refractivity contribution < 1.29 is 39.5 Å². The Kier molecular flexibility index (Phi) is 5.77. The molecule has 2 heterocycles. The molecule has 4 rings (SSSR count). The van der Waals surface area contributed by atoms with Gasteiger partial charge in [-0.15, -0.1) is 0 Å². The van der Waals surface area contributed by atoms with Gasteiger partial charge in [0.15, 0.2) is 28.8 Å². The van der Waals surface area contributed by atoms with Crippen LogP contribution >= 0.6 is 0 Å². The van der Waals surface area contributed by atoms with Gasteiger partial charge in [-0.2, -0.15) is 0 Å². The van der Waals surface area contributed by atoms with Crippen molar-refractivity contribution in [2.75, 3.05) is 0 Å². The molecule has 2 aromatic carbocycles. The summed E-state index contributed by atoms with van der Waals surface area (Å²) in [7, 11) is 0. The highest BCUT2D eigenvalue weighted by Gasteiger charge is 2.39. The van der Waals surface area contributed by atoms with Gasteiger partial charge in [-0.05, 0) is 48.4 Å². The van der Waals surface area contributed by atoms with Gasteiger partial charge in [-0.3, -0.25) is 4.79 Å². The summed E-state index contributed by atoms with van der Waals surface area (Å²) < 4.78 is 11.1. The third-order valence-electron chi connectivity index (χ3n) is 5.33. The summed E-state index contributed by atoms with van der Waals surface area (Å²) in [4.78, 5) is 25.7. The molecule has 0 saturated heterocycles. The number of phenols is 4. The van der Waals surface area contributed by atoms with Crippen LogP contribution in [0.4, 0.5) is 0 Å². The molecule has 34 heavy (non-hydrogen) atoms. The van der Waals surface area contributed by atoms with E-state index in [4.69, 9.17) is 9.15 Å². The SMILES string of the molecule is CC1=CC(=O)C(c2c(O)cc(/C=C/c3ccc(O)c(O)c3)oc2=O)C(c2ccc(O)c(O)c2)O1. The van der Waals surface area contributed by atoms with E-state index in [9.17, 15) is 35.1 Å². The first-order valence-electron chi connectivity index (χ1n) is 10.1. The minimum absolute atomic E-state index is 0.0199. The van der Waals surface area contributed by atoms with E-state index in [-0.39, 0.29) is 34.3 Å². The molecule has 3 aromatic rings. The highest BCUT2D eigenvalue weighted by atomic mass is 16.5. The second-order valence-corrected chi connectivity index (χ2v) is 7.74. The summed E-state index contributed by atoms with van der Waals surface area (Å²) in [6.45, 7) is 1.55. The minimum Gasteiger partial charge on any atom is -0.507 e. The van der Waals surface area contributed by atoms with E-state index >= 15 is 0 Å². The Morgan fingerprint density at radius 3 is 2.12 bits per heavy atom. The van der Waals surface area contributed by atoms with Crippen LogP contribution < -0.4 is 5.63 Å². The first-order valence-corrected chi connectivity index (χ1v) is 10.1. The second-order valence-electron chi connectivity index (χ2n) is 7.74. The van der Waals surface area contributed by atoms with Crippen molar-refractivity contribution in [1.29, 1.82) is 0 Å². The van der Waals surface area contributed by atoms with Crippen LogP contribution in [-0.4, -0.2) is 31.3 Å². The van der Waals surface area contributed by atoms with E-state index in [1.165, 1.54) is 54.6 Å². The molecule has 0 spiro atoms. The fourth-order valence-electron chi connectivity index (χ4n) is 3.71. The number of allylic oxidation sites excluding steroid dienone is 2. The van der Waals surface area contributed by atoms with Crippen LogP contribution in [0.2, 0.25) is 0 Å². The average Bonchev–Trinajstić information content (AvgIpc) is 2.77. The van der Waals surface area contributed by atoms with Gasteiger partial charge in [0.2, 0.25) is 0 Å². The Balaban J connectivity index is 1.73. The van der Waals surface area contributed by atoms with Crippen molar-refractivity contribution in [3.05, 3.63) is 87.2 Å². The zero-order chi connectivity index (χ0) is 24.6. The number of rotatable bonds is 4. The fourth-order valence-corrected chi connectivity index (χ4v) is 3.71. The molecule has 5 N–H and O–H groups in total. The summed E-state index contributed by atoms with van der Waals surface area (Å²) in [5.74, 6) is -3.42. The summed E-state index contributed by atoms with van der Waals surface area (Å²) in [5.41, 5.74) is -0.483. The average molecular weight is 464 g/mol. The highest BCUT2D eigenvalue weighted by molar-refractivity contribution is 5.97. The third kappa shape index (κ3) is 4.31. The predicted molar refractivity (Wildman–Crippen MR) is 120 cm³/mol. The van der Waals surface area contributed by atoms with Gasteiger partial charge < -0.3 is 34.7 Å². The summed E-state index contributed by atoms with van der Waals surface area (Å²) in [5, 5.41) is 49.1. The van der Waals surface area contributed by atoms with Crippen molar-refractivity contribution in [2.24, 2.45) is 0 Å². The van der Waals surface area contributed by atoms with Crippen LogP contribution in [0.5, 0.6) is 28.7 Å². The molecule has 0 saturated carbocycles. The van der Waals surface area contributed by atoms with E-state index < -0.39 is 34.9 Å². The zero-order valence-corrected chi connectivity index (χ0v) is 17.8. The normalized spacial score (nSPS) is 18.0. The Labute approximate surface area is 192 Å². The molecular formula is C25H20O9. The van der Waals surface area contributed by atoms with Gasteiger partial charge in [0.1, 0.15) is 17.6 Å². The molecule has 9 nitrogen and oxygen atoms in total.